The van der Waals surface area contributed by atoms with Crippen molar-refractivity contribution in [1.82, 2.24) is 25.1 Å². The van der Waals surface area contributed by atoms with E-state index in [0.717, 1.165) is 19.5 Å². The maximum absolute atomic E-state index is 12.3. The lowest BCUT2D eigenvalue weighted by atomic mass is 10.3. The number of H-pyrrole nitrogens is 1. The largest absolute Gasteiger partial charge is 0.313 e. The Labute approximate surface area is 126 Å². The van der Waals surface area contributed by atoms with Crippen LogP contribution in [0.1, 0.15) is 31.7 Å². The van der Waals surface area contributed by atoms with Gasteiger partial charge in [0, 0.05) is 31.2 Å². The molecule has 0 saturated heterocycles. The van der Waals surface area contributed by atoms with E-state index in [9.17, 15) is 8.42 Å². The maximum Gasteiger partial charge on any atom is 0.257 e. The van der Waals surface area contributed by atoms with Gasteiger partial charge in [-0.2, -0.15) is 5.10 Å². The predicted molar refractivity (Wildman–Crippen MR) is 81.4 cm³/mol. The van der Waals surface area contributed by atoms with Crippen LogP contribution in [0.3, 0.4) is 0 Å². The van der Waals surface area contributed by atoms with E-state index in [0.29, 0.717) is 24.7 Å². The van der Waals surface area contributed by atoms with Gasteiger partial charge in [-0.3, -0.25) is 5.10 Å². The topological polar surface area (TPSA) is 90.1 Å². The van der Waals surface area contributed by atoms with Crippen molar-refractivity contribution in [3.8, 4) is 0 Å². The van der Waals surface area contributed by atoms with Gasteiger partial charge < -0.3 is 10.2 Å². The first kappa shape index (κ1) is 16.4. The first-order chi connectivity index (χ1) is 10.0. The number of hydrogen-bond donors (Lipinski definition) is 3. The Morgan fingerprint density at radius 1 is 1.43 bits per heavy atom. The molecule has 21 heavy (non-hydrogen) atoms. The fraction of sp³-hybridized carbons (Fsp3) is 0.769. The lowest BCUT2D eigenvalue weighted by Crippen LogP contribution is -2.34. The Bertz CT molecular complexity index is 539. The molecule has 8 heteroatoms. The lowest BCUT2D eigenvalue weighted by molar-refractivity contribution is 0.329. The van der Waals surface area contributed by atoms with Crippen molar-refractivity contribution < 1.29 is 8.42 Å². The van der Waals surface area contributed by atoms with Crippen LogP contribution >= 0.6 is 0 Å². The van der Waals surface area contributed by atoms with Gasteiger partial charge in [-0.25, -0.2) is 13.1 Å². The van der Waals surface area contributed by atoms with E-state index in [2.05, 4.69) is 32.1 Å². The van der Waals surface area contributed by atoms with Crippen LogP contribution in [-0.4, -0.2) is 56.2 Å². The second-order valence-electron chi connectivity index (χ2n) is 5.51. The number of rotatable bonds is 10. The van der Waals surface area contributed by atoms with Crippen LogP contribution in [0.4, 0.5) is 0 Å². The molecule has 1 saturated carbocycles. The van der Waals surface area contributed by atoms with Crippen LogP contribution in [0, 0.1) is 0 Å². The first-order valence-corrected chi connectivity index (χ1v) is 8.95. The zero-order valence-electron chi connectivity index (χ0n) is 12.7. The van der Waals surface area contributed by atoms with Crippen molar-refractivity contribution in [2.24, 2.45) is 0 Å². The van der Waals surface area contributed by atoms with E-state index in [4.69, 9.17) is 0 Å². The summed E-state index contributed by atoms with van der Waals surface area (Å²) in [4.78, 5) is 2.19. The molecule has 1 fully saturated rings. The number of sulfonamides is 1. The Hall–Kier alpha value is -0.960. The third-order valence-corrected chi connectivity index (χ3v) is 5.09. The minimum Gasteiger partial charge on any atom is -0.313 e. The Kier molecular flexibility index (Phi) is 5.74. The summed E-state index contributed by atoms with van der Waals surface area (Å²) in [6.07, 6.45) is 5.01. The van der Waals surface area contributed by atoms with E-state index in [1.807, 2.05) is 7.05 Å². The summed E-state index contributed by atoms with van der Waals surface area (Å²) < 4.78 is 27.2. The Balaban J connectivity index is 1.87. The van der Waals surface area contributed by atoms with Crippen LogP contribution in [-0.2, 0) is 16.6 Å². The summed E-state index contributed by atoms with van der Waals surface area (Å²) in [7, 11) is -1.49. The molecule has 1 aliphatic rings. The van der Waals surface area contributed by atoms with Gasteiger partial charge in [0.2, 0.25) is 0 Å². The molecule has 0 unspecified atom stereocenters. The molecule has 1 aromatic rings. The smallest absolute Gasteiger partial charge is 0.257 e. The summed E-state index contributed by atoms with van der Waals surface area (Å²) in [5, 5.41) is 9.80. The molecular weight excluding hydrogens is 290 g/mol. The minimum absolute atomic E-state index is 0.167. The highest BCUT2D eigenvalue weighted by Gasteiger charge is 2.26. The summed E-state index contributed by atoms with van der Waals surface area (Å²) in [6, 6.07) is 0.635. The number of nitrogens with one attached hydrogen (secondary N) is 3. The molecule has 1 heterocycles. The predicted octanol–water partition coefficient (Wildman–Crippen LogP) is 0.282. The Morgan fingerprint density at radius 2 is 2.19 bits per heavy atom. The molecule has 0 bridgehead atoms. The van der Waals surface area contributed by atoms with Crippen LogP contribution in [0.5, 0.6) is 0 Å². The molecule has 0 amide bonds. The lowest BCUT2D eigenvalue weighted by Gasteiger charge is -2.15. The van der Waals surface area contributed by atoms with E-state index in [-0.39, 0.29) is 5.03 Å². The van der Waals surface area contributed by atoms with Crippen LogP contribution in [0.15, 0.2) is 11.2 Å². The fourth-order valence-corrected chi connectivity index (χ4v) is 3.33. The Morgan fingerprint density at radius 3 is 2.86 bits per heavy atom. The van der Waals surface area contributed by atoms with E-state index in [1.54, 1.807) is 6.20 Å². The average Bonchev–Trinajstić information content (AvgIpc) is 3.18. The van der Waals surface area contributed by atoms with Gasteiger partial charge in [0.1, 0.15) is 0 Å². The van der Waals surface area contributed by atoms with Crippen LogP contribution in [0.25, 0.3) is 0 Å². The van der Waals surface area contributed by atoms with Crippen molar-refractivity contribution in [3.05, 3.63) is 11.8 Å². The van der Waals surface area contributed by atoms with Crippen molar-refractivity contribution in [1.29, 1.82) is 0 Å². The zero-order valence-corrected chi connectivity index (χ0v) is 13.5. The highest BCUT2D eigenvalue weighted by molar-refractivity contribution is 7.89. The van der Waals surface area contributed by atoms with Crippen molar-refractivity contribution >= 4 is 10.0 Å². The number of aromatic nitrogens is 2. The normalized spacial score (nSPS) is 15.8. The highest BCUT2D eigenvalue weighted by atomic mass is 32.2. The monoisotopic (exact) mass is 315 g/mol. The molecule has 3 N–H and O–H groups in total. The number of hydrogen-bond acceptors (Lipinski definition) is 5. The van der Waals surface area contributed by atoms with Crippen molar-refractivity contribution in [3.63, 3.8) is 0 Å². The van der Waals surface area contributed by atoms with E-state index in [1.165, 1.54) is 12.8 Å². The number of likely N-dealkylation sites (N-methyl/N-ethyl adjacent to an activating group) is 1. The molecular formula is C13H25N5O2S. The molecule has 0 atom stereocenters. The van der Waals surface area contributed by atoms with Gasteiger partial charge in [-0.1, -0.05) is 6.92 Å². The maximum atomic E-state index is 12.3. The standard InChI is InChI=1S/C13H25N5O2S/c1-3-6-14-9-11-10-15-17-13(11)21(19,20)16-7-8-18(2)12-4-5-12/h10,12,14,16H,3-9H2,1-2H3,(H,15,17). The molecule has 7 nitrogen and oxygen atoms in total. The molecule has 0 radical (unpaired) electrons. The summed E-state index contributed by atoms with van der Waals surface area (Å²) in [5.41, 5.74) is 0.673. The third-order valence-electron chi connectivity index (χ3n) is 3.62. The summed E-state index contributed by atoms with van der Waals surface area (Å²) >= 11 is 0. The highest BCUT2D eigenvalue weighted by Crippen LogP contribution is 2.24. The van der Waals surface area contributed by atoms with Crippen molar-refractivity contribution in [2.75, 3.05) is 26.7 Å². The average molecular weight is 315 g/mol. The molecule has 1 aromatic heterocycles. The summed E-state index contributed by atoms with van der Waals surface area (Å²) in [6.45, 7) is 4.56. The third kappa shape index (κ3) is 4.77. The van der Waals surface area contributed by atoms with Crippen LogP contribution in [0.2, 0.25) is 0 Å². The zero-order chi connectivity index (χ0) is 15.3. The second kappa shape index (κ2) is 7.35. The number of nitrogens with zero attached hydrogens (tertiary/aromatic N) is 2. The molecule has 1 aliphatic carbocycles. The van der Waals surface area contributed by atoms with E-state index < -0.39 is 10.0 Å². The second-order valence-corrected chi connectivity index (χ2v) is 7.21. The SMILES string of the molecule is CCCNCc1cn[nH]c1S(=O)(=O)NCCN(C)C1CC1. The molecule has 0 spiro atoms. The van der Waals surface area contributed by atoms with Gasteiger partial charge >= 0.3 is 0 Å². The van der Waals surface area contributed by atoms with Gasteiger partial charge in [-0.05, 0) is 32.9 Å². The molecule has 2 rings (SSSR count). The fourth-order valence-electron chi connectivity index (χ4n) is 2.18. The van der Waals surface area contributed by atoms with Gasteiger partial charge in [0.05, 0.1) is 6.20 Å². The summed E-state index contributed by atoms with van der Waals surface area (Å²) in [5.74, 6) is 0. The molecule has 0 aromatic carbocycles. The van der Waals surface area contributed by atoms with Gasteiger partial charge in [-0.15, -0.1) is 0 Å². The number of aromatic amines is 1. The van der Waals surface area contributed by atoms with Gasteiger partial charge in [0.15, 0.2) is 5.03 Å². The minimum atomic E-state index is -3.52. The van der Waals surface area contributed by atoms with Crippen LogP contribution < -0.4 is 10.0 Å². The quantitative estimate of drug-likeness (QED) is 0.540. The first-order valence-electron chi connectivity index (χ1n) is 7.47. The van der Waals surface area contributed by atoms with E-state index >= 15 is 0 Å². The van der Waals surface area contributed by atoms with Gasteiger partial charge in [0.25, 0.3) is 10.0 Å². The molecule has 0 aliphatic heterocycles. The van der Waals surface area contributed by atoms with Crippen molar-refractivity contribution in [2.45, 2.75) is 43.8 Å². The molecule has 120 valence electrons.